The maximum absolute atomic E-state index is 3.78. The van der Waals surface area contributed by atoms with Crippen LogP contribution in [-0.4, -0.2) is 36.6 Å². The maximum atomic E-state index is 3.78. The van der Waals surface area contributed by atoms with Crippen LogP contribution in [-0.2, 0) is 0 Å². The van der Waals surface area contributed by atoms with E-state index in [0.717, 1.165) is 6.04 Å². The molecule has 1 aliphatic carbocycles. The topological polar surface area (TPSA) is 15.3 Å². The predicted molar refractivity (Wildman–Crippen MR) is 83.5 cm³/mol. The minimum absolute atomic E-state index is 0.607. The Kier molecular flexibility index (Phi) is 5.70. The van der Waals surface area contributed by atoms with E-state index in [1.54, 1.807) is 0 Å². The van der Waals surface area contributed by atoms with E-state index in [-0.39, 0.29) is 0 Å². The zero-order valence-corrected chi connectivity index (χ0v) is 13.4. The van der Waals surface area contributed by atoms with Gasteiger partial charge in [-0.3, -0.25) is 0 Å². The van der Waals surface area contributed by atoms with E-state index in [1.165, 1.54) is 71.0 Å². The molecule has 0 spiro atoms. The minimum Gasteiger partial charge on any atom is -0.311 e. The van der Waals surface area contributed by atoms with Crippen LogP contribution in [0.3, 0.4) is 0 Å². The molecule has 2 fully saturated rings. The molecule has 0 aromatic rings. The smallest absolute Gasteiger partial charge is 0.00790 e. The van der Waals surface area contributed by atoms with Crippen LogP contribution in [0.25, 0.3) is 0 Å². The minimum atomic E-state index is 0.607. The average Bonchev–Trinajstić information content (AvgIpc) is 2.38. The molecule has 1 N–H and O–H groups in total. The first-order valence-electron chi connectivity index (χ1n) is 8.60. The Bertz CT molecular complexity index is 258. The van der Waals surface area contributed by atoms with Crippen LogP contribution >= 0.6 is 0 Å². The summed E-state index contributed by atoms with van der Waals surface area (Å²) in [5, 5.41) is 3.78. The Morgan fingerprint density at radius 2 is 1.79 bits per heavy atom. The van der Waals surface area contributed by atoms with Crippen molar-refractivity contribution in [2.75, 3.05) is 19.6 Å². The second kappa shape index (κ2) is 7.08. The highest BCUT2D eigenvalue weighted by molar-refractivity contribution is 4.84. The molecule has 112 valence electrons. The molecule has 0 aromatic carbocycles. The third-order valence-electron chi connectivity index (χ3n) is 5.35. The van der Waals surface area contributed by atoms with Gasteiger partial charge >= 0.3 is 0 Å². The molecule has 19 heavy (non-hydrogen) atoms. The van der Waals surface area contributed by atoms with Gasteiger partial charge in [0.05, 0.1) is 0 Å². The molecule has 1 saturated heterocycles. The molecule has 1 saturated carbocycles. The lowest BCUT2D eigenvalue weighted by Gasteiger charge is -2.40. The standard InChI is InChI=1S/C17H34N2/c1-4-16-9-13-19(12-8-15(2)18-16)14-17(3)10-6-5-7-11-17/h15-16,18H,4-14H2,1-3H3. The molecule has 0 radical (unpaired) electrons. The number of hydrogen-bond donors (Lipinski definition) is 1. The first-order valence-corrected chi connectivity index (χ1v) is 8.60. The van der Waals surface area contributed by atoms with Crippen LogP contribution in [0.4, 0.5) is 0 Å². The van der Waals surface area contributed by atoms with Crippen LogP contribution in [0.5, 0.6) is 0 Å². The molecule has 2 atom stereocenters. The monoisotopic (exact) mass is 266 g/mol. The summed E-state index contributed by atoms with van der Waals surface area (Å²) in [6.45, 7) is 11.1. The number of rotatable bonds is 3. The molecule has 2 aliphatic rings. The number of nitrogens with one attached hydrogen (secondary N) is 1. The molecular formula is C17H34N2. The molecule has 0 amide bonds. The molecule has 2 unspecified atom stereocenters. The largest absolute Gasteiger partial charge is 0.311 e. The van der Waals surface area contributed by atoms with Crippen LogP contribution < -0.4 is 5.32 Å². The van der Waals surface area contributed by atoms with Crippen molar-refractivity contribution in [2.45, 2.75) is 84.2 Å². The van der Waals surface area contributed by atoms with Gasteiger partial charge in [0.15, 0.2) is 0 Å². The third-order valence-corrected chi connectivity index (χ3v) is 5.35. The molecule has 1 heterocycles. The molecule has 1 aliphatic heterocycles. The quantitative estimate of drug-likeness (QED) is 0.835. The van der Waals surface area contributed by atoms with Gasteiger partial charge in [0, 0.05) is 18.6 Å². The summed E-state index contributed by atoms with van der Waals surface area (Å²) < 4.78 is 0. The van der Waals surface area contributed by atoms with Crippen molar-refractivity contribution >= 4 is 0 Å². The summed E-state index contributed by atoms with van der Waals surface area (Å²) in [7, 11) is 0. The van der Waals surface area contributed by atoms with E-state index in [0.29, 0.717) is 11.5 Å². The van der Waals surface area contributed by atoms with Gasteiger partial charge in [0.1, 0.15) is 0 Å². The van der Waals surface area contributed by atoms with Gasteiger partial charge in [-0.15, -0.1) is 0 Å². The van der Waals surface area contributed by atoms with Gasteiger partial charge in [0.2, 0.25) is 0 Å². The Labute approximate surface area is 120 Å². The van der Waals surface area contributed by atoms with Gasteiger partial charge in [-0.1, -0.05) is 33.1 Å². The lowest BCUT2D eigenvalue weighted by Crippen LogP contribution is -2.46. The van der Waals surface area contributed by atoms with Crippen LogP contribution in [0.1, 0.15) is 72.1 Å². The van der Waals surface area contributed by atoms with Gasteiger partial charge in [-0.05, 0) is 57.5 Å². The van der Waals surface area contributed by atoms with Crippen molar-refractivity contribution in [3.8, 4) is 0 Å². The van der Waals surface area contributed by atoms with Crippen molar-refractivity contribution in [3.63, 3.8) is 0 Å². The molecule has 2 heteroatoms. The number of hydrogen-bond acceptors (Lipinski definition) is 2. The molecule has 0 bridgehead atoms. The summed E-state index contributed by atoms with van der Waals surface area (Å²) in [6, 6.07) is 1.42. The average molecular weight is 266 g/mol. The van der Waals surface area contributed by atoms with Crippen molar-refractivity contribution in [3.05, 3.63) is 0 Å². The van der Waals surface area contributed by atoms with E-state index in [2.05, 4.69) is 31.0 Å². The van der Waals surface area contributed by atoms with Crippen LogP contribution in [0.2, 0.25) is 0 Å². The first-order chi connectivity index (χ1) is 9.11. The first kappa shape index (κ1) is 15.3. The predicted octanol–water partition coefficient (Wildman–Crippen LogP) is 3.81. The van der Waals surface area contributed by atoms with Crippen molar-refractivity contribution in [1.82, 2.24) is 10.2 Å². The van der Waals surface area contributed by atoms with E-state index in [9.17, 15) is 0 Å². The van der Waals surface area contributed by atoms with Crippen LogP contribution in [0, 0.1) is 5.41 Å². The fraction of sp³-hybridized carbons (Fsp3) is 1.00. The SMILES string of the molecule is CCC1CCN(CC2(C)CCCCC2)CCC(C)N1. The van der Waals surface area contributed by atoms with Gasteiger partial charge in [-0.2, -0.15) is 0 Å². The molecular weight excluding hydrogens is 232 g/mol. The van der Waals surface area contributed by atoms with Crippen molar-refractivity contribution in [2.24, 2.45) is 5.41 Å². The fourth-order valence-electron chi connectivity index (χ4n) is 3.98. The maximum Gasteiger partial charge on any atom is 0.00790 e. The lowest BCUT2D eigenvalue weighted by atomic mass is 9.75. The van der Waals surface area contributed by atoms with Crippen LogP contribution in [0.15, 0.2) is 0 Å². The zero-order chi connectivity index (χ0) is 13.7. The Morgan fingerprint density at radius 1 is 1.11 bits per heavy atom. The summed E-state index contributed by atoms with van der Waals surface area (Å²) >= 11 is 0. The Hall–Kier alpha value is -0.0800. The van der Waals surface area contributed by atoms with E-state index < -0.39 is 0 Å². The summed E-state index contributed by atoms with van der Waals surface area (Å²) in [4.78, 5) is 2.77. The number of nitrogens with zero attached hydrogens (tertiary/aromatic N) is 1. The van der Waals surface area contributed by atoms with Gasteiger partial charge in [-0.25, -0.2) is 0 Å². The van der Waals surface area contributed by atoms with Gasteiger partial charge < -0.3 is 10.2 Å². The Balaban J connectivity index is 1.87. The van der Waals surface area contributed by atoms with E-state index in [1.807, 2.05) is 0 Å². The highest BCUT2D eigenvalue weighted by Crippen LogP contribution is 2.36. The normalized spacial score (nSPS) is 33.6. The van der Waals surface area contributed by atoms with Gasteiger partial charge in [0.25, 0.3) is 0 Å². The second-order valence-electron chi connectivity index (χ2n) is 7.40. The lowest BCUT2D eigenvalue weighted by molar-refractivity contribution is 0.106. The Morgan fingerprint density at radius 3 is 2.47 bits per heavy atom. The molecule has 2 nitrogen and oxygen atoms in total. The van der Waals surface area contributed by atoms with Crippen molar-refractivity contribution < 1.29 is 0 Å². The fourth-order valence-corrected chi connectivity index (χ4v) is 3.98. The third kappa shape index (κ3) is 4.75. The highest BCUT2D eigenvalue weighted by Gasteiger charge is 2.29. The molecule has 0 aromatic heterocycles. The van der Waals surface area contributed by atoms with E-state index in [4.69, 9.17) is 0 Å². The van der Waals surface area contributed by atoms with Crippen molar-refractivity contribution in [1.29, 1.82) is 0 Å². The highest BCUT2D eigenvalue weighted by atomic mass is 15.1. The summed E-state index contributed by atoms with van der Waals surface area (Å²) in [5.74, 6) is 0. The summed E-state index contributed by atoms with van der Waals surface area (Å²) in [5.41, 5.74) is 0.607. The zero-order valence-electron chi connectivity index (χ0n) is 13.4. The molecule has 2 rings (SSSR count). The summed E-state index contributed by atoms with van der Waals surface area (Å²) in [6.07, 6.45) is 11.2. The second-order valence-corrected chi connectivity index (χ2v) is 7.40. The van der Waals surface area contributed by atoms with E-state index >= 15 is 0 Å².